The minimum Gasteiger partial charge on any atom is -0.497 e. The number of aryl methyl sites for hydroxylation is 1. The Morgan fingerprint density at radius 3 is 2.35 bits per heavy atom. The Bertz CT molecular complexity index is 625. The van der Waals surface area contributed by atoms with Gasteiger partial charge in [-0.15, -0.1) is 0 Å². The number of methoxy groups -OCH3 is 2. The summed E-state index contributed by atoms with van der Waals surface area (Å²) in [6.07, 6.45) is -0.570. The molecule has 0 spiro atoms. The van der Waals surface area contributed by atoms with E-state index >= 15 is 0 Å². The van der Waals surface area contributed by atoms with E-state index in [-0.39, 0.29) is 6.04 Å². The number of hydrogen-bond donors (Lipinski definition) is 2. The summed E-state index contributed by atoms with van der Waals surface area (Å²) in [4.78, 5) is 0. The van der Waals surface area contributed by atoms with Crippen molar-refractivity contribution in [2.24, 2.45) is 0 Å². The molecule has 0 aliphatic heterocycles. The van der Waals surface area contributed by atoms with Gasteiger partial charge in [-0.3, -0.25) is 0 Å². The molecule has 2 unspecified atom stereocenters. The van der Waals surface area contributed by atoms with Gasteiger partial charge in [0.05, 0.1) is 20.3 Å². The van der Waals surface area contributed by atoms with Crippen molar-refractivity contribution in [2.75, 3.05) is 20.8 Å². The van der Waals surface area contributed by atoms with E-state index in [0.717, 1.165) is 22.6 Å². The van der Waals surface area contributed by atoms with Crippen LogP contribution in [-0.2, 0) is 0 Å². The van der Waals surface area contributed by atoms with E-state index in [0.29, 0.717) is 6.54 Å². The molecule has 0 amide bonds. The molecule has 0 heterocycles. The Morgan fingerprint density at radius 2 is 1.74 bits per heavy atom. The minimum atomic E-state index is -0.570. The van der Waals surface area contributed by atoms with Crippen LogP contribution < -0.4 is 14.8 Å². The van der Waals surface area contributed by atoms with Crippen LogP contribution in [0, 0.1) is 6.92 Å². The molecule has 2 aromatic carbocycles. The van der Waals surface area contributed by atoms with Gasteiger partial charge in [0.1, 0.15) is 11.5 Å². The van der Waals surface area contributed by atoms with Gasteiger partial charge in [0, 0.05) is 18.2 Å². The maximum Gasteiger partial charge on any atom is 0.123 e. The molecule has 0 aliphatic carbocycles. The number of ether oxygens (including phenoxy) is 2. The number of aliphatic hydroxyl groups is 1. The third kappa shape index (κ3) is 4.47. The molecule has 0 radical (unpaired) electrons. The van der Waals surface area contributed by atoms with Gasteiger partial charge < -0.3 is 19.9 Å². The summed E-state index contributed by atoms with van der Waals surface area (Å²) in [6, 6.07) is 13.7. The fraction of sp³-hybridized carbons (Fsp3) is 0.368. The molecule has 4 heteroatoms. The van der Waals surface area contributed by atoms with Crippen LogP contribution >= 0.6 is 0 Å². The van der Waals surface area contributed by atoms with Crippen LogP contribution in [-0.4, -0.2) is 25.9 Å². The smallest absolute Gasteiger partial charge is 0.123 e. The Labute approximate surface area is 138 Å². The summed E-state index contributed by atoms with van der Waals surface area (Å²) in [5.74, 6) is 1.64. The summed E-state index contributed by atoms with van der Waals surface area (Å²) < 4.78 is 10.6. The third-order valence-corrected chi connectivity index (χ3v) is 3.97. The number of benzene rings is 2. The quantitative estimate of drug-likeness (QED) is 0.822. The highest BCUT2D eigenvalue weighted by Gasteiger charge is 2.14. The first-order valence-electron chi connectivity index (χ1n) is 7.75. The highest BCUT2D eigenvalue weighted by atomic mass is 16.5. The third-order valence-electron chi connectivity index (χ3n) is 3.97. The number of hydrogen-bond acceptors (Lipinski definition) is 4. The fourth-order valence-electron chi connectivity index (χ4n) is 2.53. The Hall–Kier alpha value is -2.04. The summed E-state index contributed by atoms with van der Waals surface area (Å²) in [7, 11) is 3.30. The van der Waals surface area contributed by atoms with Crippen molar-refractivity contribution >= 4 is 0 Å². The zero-order valence-corrected chi connectivity index (χ0v) is 14.2. The molecule has 0 aromatic heterocycles. The molecular weight excluding hydrogens is 290 g/mol. The van der Waals surface area contributed by atoms with Gasteiger partial charge in [-0.05, 0) is 37.6 Å². The average molecular weight is 315 g/mol. The first-order chi connectivity index (χ1) is 11.0. The Morgan fingerprint density at radius 1 is 1.04 bits per heavy atom. The van der Waals surface area contributed by atoms with Crippen LogP contribution in [0.4, 0.5) is 0 Å². The molecule has 124 valence electrons. The highest BCUT2D eigenvalue weighted by Crippen LogP contribution is 2.26. The van der Waals surface area contributed by atoms with Crippen molar-refractivity contribution in [3.05, 3.63) is 59.2 Å². The molecule has 0 bridgehead atoms. The monoisotopic (exact) mass is 315 g/mol. The Kier molecular flexibility index (Phi) is 6.02. The zero-order chi connectivity index (χ0) is 16.8. The van der Waals surface area contributed by atoms with Crippen molar-refractivity contribution in [3.63, 3.8) is 0 Å². The van der Waals surface area contributed by atoms with Crippen molar-refractivity contribution in [2.45, 2.75) is 26.0 Å². The molecule has 0 fully saturated rings. The second-order valence-corrected chi connectivity index (χ2v) is 5.66. The zero-order valence-electron chi connectivity index (χ0n) is 14.2. The van der Waals surface area contributed by atoms with Crippen LogP contribution in [0.25, 0.3) is 0 Å². The van der Waals surface area contributed by atoms with E-state index in [1.165, 1.54) is 5.56 Å². The van der Waals surface area contributed by atoms with E-state index in [1.807, 2.05) is 36.4 Å². The standard InChI is InChI=1S/C19H25NO3/c1-13-5-10-19(23-4)17(11-13)14(2)20-12-18(21)15-6-8-16(22-3)9-7-15/h5-11,14,18,20-21H,12H2,1-4H3. The number of nitrogens with one attached hydrogen (secondary N) is 1. The topological polar surface area (TPSA) is 50.7 Å². The lowest BCUT2D eigenvalue weighted by Crippen LogP contribution is -2.25. The van der Waals surface area contributed by atoms with Crippen LogP contribution in [0.3, 0.4) is 0 Å². The van der Waals surface area contributed by atoms with E-state index in [4.69, 9.17) is 9.47 Å². The van der Waals surface area contributed by atoms with E-state index < -0.39 is 6.10 Å². The van der Waals surface area contributed by atoms with Crippen molar-refractivity contribution in [1.82, 2.24) is 5.32 Å². The van der Waals surface area contributed by atoms with Crippen LogP contribution in [0.5, 0.6) is 11.5 Å². The highest BCUT2D eigenvalue weighted by molar-refractivity contribution is 5.39. The summed E-state index contributed by atoms with van der Waals surface area (Å²) >= 11 is 0. The van der Waals surface area contributed by atoms with Crippen molar-refractivity contribution in [3.8, 4) is 11.5 Å². The lowest BCUT2D eigenvalue weighted by atomic mass is 10.0. The molecule has 4 nitrogen and oxygen atoms in total. The molecule has 23 heavy (non-hydrogen) atoms. The van der Waals surface area contributed by atoms with E-state index in [9.17, 15) is 5.11 Å². The fourth-order valence-corrected chi connectivity index (χ4v) is 2.53. The molecule has 0 saturated heterocycles. The van der Waals surface area contributed by atoms with Crippen LogP contribution in [0.1, 0.15) is 35.8 Å². The normalized spacial score (nSPS) is 13.4. The molecule has 2 atom stereocenters. The van der Waals surface area contributed by atoms with Gasteiger partial charge in [0.2, 0.25) is 0 Å². The largest absolute Gasteiger partial charge is 0.497 e. The summed E-state index contributed by atoms with van der Waals surface area (Å²) in [5, 5.41) is 13.7. The van der Waals surface area contributed by atoms with Crippen molar-refractivity contribution < 1.29 is 14.6 Å². The Balaban J connectivity index is 2.00. The molecule has 2 aromatic rings. The van der Waals surface area contributed by atoms with E-state index in [2.05, 4.69) is 25.2 Å². The lowest BCUT2D eigenvalue weighted by molar-refractivity contribution is 0.170. The summed E-state index contributed by atoms with van der Waals surface area (Å²) in [5.41, 5.74) is 3.14. The predicted molar refractivity (Wildman–Crippen MR) is 92.1 cm³/mol. The maximum atomic E-state index is 10.3. The SMILES string of the molecule is COc1ccc(C(O)CNC(C)c2cc(C)ccc2OC)cc1. The van der Waals surface area contributed by atoms with Crippen LogP contribution in [0.2, 0.25) is 0 Å². The van der Waals surface area contributed by atoms with Crippen molar-refractivity contribution in [1.29, 1.82) is 0 Å². The van der Waals surface area contributed by atoms with Gasteiger partial charge in [0.15, 0.2) is 0 Å². The number of aliphatic hydroxyl groups excluding tert-OH is 1. The van der Waals surface area contributed by atoms with Gasteiger partial charge in [-0.1, -0.05) is 29.8 Å². The minimum absolute atomic E-state index is 0.0812. The van der Waals surface area contributed by atoms with Gasteiger partial charge in [0.25, 0.3) is 0 Å². The maximum absolute atomic E-state index is 10.3. The molecule has 2 N–H and O–H groups in total. The van der Waals surface area contributed by atoms with Gasteiger partial charge >= 0.3 is 0 Å². The second kappa shape index (κ2) is 7.99. The second-order valence-electron chi connectivity index (χ2n) is 5.66. The average Bonchev–Trinajstić information content (AvgIpc) is 2.59. The molecule has 2 rings (SSSR count). The van der Waals surface area contributed by atoms with Gasteiger partial charge in [-0.2, -0.15) is 0 Å². The number of rotatable bonds is 7. The van der Waals surface area contributed by atoms with E-state index in [1.54, 1.807) is 14.2 Å². The lowest BCUT2D eigenvalue weighted by Gasteiger charge is -2.20. The predicted octanol–water partition coefficient (Wildman–Crippen LogP) is 3.40. The first-order valence-corrected chi connectivity index (χ1v) is 7.75. The van der Waals surface area contributed by atoms with Gasteiger partial charge in [-0.25, -0.2) is 0 Å². The molecular formula is C19H25NO3. The molecule has 0 aliphatic rings. The summed E-state index contributed by atoms with van der Waals surface area (Å²) in [6.45, 7) is 4.59. The van der Waals surface area contributed by atoms with Crippen LogP contribution in [0.15, 0.2) is 42.5 Å². The molecule has 0 saturated carbocycles. The first kappa shape index (κ1) is 17.3.